The van der Waals surface area contributed by atoms with Gasteiger partial charge >= 0.3 is 0 Å². The SMILES string of the molecule is C=C(N)Cn1c(-c2cccc(Oc3ccc(Cl)cc3)c2)nc2cc(C(=O)NCCc3ccccn3)ccc21. The smallest absolute Gasteiger partial charge is 0.251 e. The molecule has 1 amide bonds. The van der Waals surface area contributed by atoms with Crippen molar-refractivity contribution in [1.29, 1.82) is 0 Å². The van der Waals surface area contributed by atoms with Crippen molar-refractivity contribution in [2.45, 2.75) is 13.0 Å². The number of nitrogens with two attached hydrogens (primary N) is 1. The Balaban J connectivity index is 1.41. The lowest BCUT2D eigenvalue weighted by Crippen LogP contribution is -2.25. The molecule has 7 nitrogen and oxygen atoms in total. The molecule has 0 unspecified atom stereocenters. The van der Waals surface area contributed by atoms with E-state index in [4.69, 9.17) is 27.1 Å². The van der Waals surface area contributed by atoms with Crippen LogP contribution in [0.5, 0.6) is 11.5 Å². The minimum absolute atomic E-state index is 0.166. The number of fused-ring (bicyclic) bond motifs is 1. The maximum Gasteiger partial charge on any atom is 0.251 e. The number of hydrogen-bond donors (Lipinski definition) is 2. The number of amides is 1. The average molecular weight is 524 g/mol. The fourth-order valence-corrected chi connectivity index (χ4v) is 4.27. The molecule has 190 valence electrons. The lowest BCUT2D eigenvalue weighted by Gasteiger charge is -2.11. The molecule has 0 saturated carbocycles. The number of carbonyl (C=O) groups excluding carboxylic acids is 1. The molecule has 0 spiro atoms. The van der Waals surface area contributed by atoms with Gasteiger partial charge in [-0.2, -0.15) is 0 Å². The number of hydrogen-bond acceptors (Lipinski definition) is 5. The van der Waals surface area contributed by atoms with Gasteiger partial charge in [0.2, 0.25) is 0 Å². The first-order valence-corrected chi connectivity index (χ1v) is 12.5. The molecule has 0 atom stereocenters. The number of nitrogens with zero attached hydrogens (tertiary/aromatic N) is 3. The topological polar surface area (TPSA) is 95.1 Å². The first-order chi connectivity index (χ1) is 18.5. The molecule has 0 radical (unpaired) electrons. The van der Waals surface area contributed by atoms with Gasteiger partial charge in [0.05, 0.1) is 17.6 Å². The number of nitrogens with one attached hydrogen (secondary N) is 1. The quantitative estimate of drug-likeness (QED) is 0.247. The van der Waals surface area contributed by atoms with Crippen molar-refractivity contribution in [3.8, 4) is 22.9 Å². The molecule has 0 aliphatic rings. The standard InChI is InChI=1S/C30H26ClN5O2/c1-20(32)19-36-28-13-8-22(30(37)34-16-14-24-6-2-3-15-33-24)18-27(28)35-29(36)21-5-4-7-26(17-21)38-25-11-9-23(31)10-12-25/h2-13,15,17-18H,1,14,16,19,32H2,(H,34,37). The Bertz CT molecular complexity index is 1600. The third kappa shape index (κ3) is 5.85. The number of benzene rings is 3. The Morgan fingerprint density at radius 2 is 1.84 bits per heavy atom. The molecule has 0 aliphatic carbocycles. The second-order valence-electron chi connectivity index (χ2n) is 8.79. The third-order valence-electron chi connectivity index (χ3n) is 5.91. The van der Waals surface area contributed by atoms with Crippen LogP contribution in [-0.4, -0.2) is 27.0 Å². The minimum Gasteiger partial charge on any atom is -0.457 e. The molecule has 8 heteroatoms. The van der Waals surface area contributed by atoms with E-state index in [0.29, 0.717) is 58.6 Å². The maximum atomic E-state index is 12.8. The lowest BCUT2D eigenvalue weighted by atomic mass is 10.2. The van der Waals surface area contributed by atoms with Gasteiger partial charge in [0, 0.05) is 46.7 Å². The first-order valence-electron chi connectivity index (χ1n) is 12.1. The molecule has 5 aromatic rings. The summed E-state index contributed by atoms with van der Waals surface area (Å²) in [6.45, 7) is 4.75. The highest BCUT2D eigenvalue weighted by Crippen LogP contribution is 2.30. The Labute approximate surface area is 225 Å². The summed E-state index contributed by atoms with van der Waals surface area (Å²) in [4.78, 5) is 22.0. The largest absolute Gasteiger partial charge is 0.457 e. The predicted molar refractivity (Wildman–Crippen MR) is 150 cm³/mol. The van der Waals surface area contributed by atoms with Crippen molar-refractivity contribution in [2.24, 2.45) is 5.73 Å². The van der Waals surface area contributed by atoms with Gasteiger partial charge in [-0.15, -0.1) is 0 Å². The second kappa shape index (κ2) is 11.2. The highest BCUT2D eigenvalue weighted by atomic mass is 35.5. The van der Waals surface area contributed by atoms with Gasteiger partial charge in [-0.3, -0.25) is 9.78 Å². The number of ether oxygens (including phenoxy) is 1. The fourth-order valence-electron chi connectivity index (χ4n) is 4.14. The molecular weight excluding hydrogens is 498 g/mol. The lowest BCUT2D eigenvalue weighted by molar-refractivity contribution is 0.0954. The summed E-state index contributed by atoms with van der Waals surface area (Å²) in [6.07, 6.45) is 2.40. The number of imidazole rings is 1. The Morgan fingerprint density at radius 3 is 2.61 bits per heavy atom. The van der Waals surface area contributed by atoms with Crippen LogP contribution >= 0.6 is 11.6 Å². The van der Waals surface area contributed by atoms with E-state index in [-0.39, 0.29) is 5.91 Å². The van der Waals surface area contributed by atoms with Gasteiger partial charge < -0.3 is 20.4 Å². The van der Waals surface area contributed by atoms with Crippen LogP contribution in [-0.2, 0) is 13.0 Å². The molecule has 38 heavy (non-hydrogen) atoms. The number of halogens is 1. The molecule has 2 heterocycles. The second-order valence-corrected chi connectivity index (χ2v) is 9.23. The molecule has 3 N–H and O–H groups in total. The van der Waals surface area contributed by atoms with E-state index in [1.165, 1.54) is 0 Å². The molecule has 3 aromatic carbocycles. The van der Waals surface area contributed by atoms with Crippen LogP contribution in [0, 0.1) is 0 Å². The highest BCUT2D eigenvalue weighted by Gasteiger charge is 2.16. The van der Waals surface area contributed by atoms with Crippen molar-refractivity contribution < 1.29 is 9.53 Å². The summed E-state index contributed by atoms with van der Waals surface area (Å²) in [7, 11) is 0. The first kappa shape index (κ1) is 25.0. The van der Waals surface area contributed by atoms with E-state index in [1.807, 2.05) is 65.2 Å². The van der Waals surface area contributed by atoms with E-state index in [2.05, 4.69) is 16.9 Å². The summed E-state index contributed by atoms with van der Waals surface area (Å²) in [5.41, 5.74) is 10.3. The van der Waals surface area contributed by atoms with E-state index in [1.54, 1.807) is 30.5 Å². The van der Waals surface area contributed by atoms with Crippen LogP contribution in [0.2, 0.25) is 5.02 Å². The molecule has 0 saturated heterocycles. The summed E-state index contributed by atoms with van der Waals surface area (Å²) >= 11 is 5.99. The number of carbonyl (C=O) groups is 1. The zero-order valence-corrected chi connectivity index (χ0v) is 21.4. The molecule has 0 aliphatic heterocycles. The summed E-state index contributed by atoms with van der Waals surface area (Å²) < 4.78 is 8.00. The van der Waals surface area contributed by atoms with Crippen LogP contribution < -0.4 is 15.8 Å². The van der Waals surface area contributed by atoms with Crippen LogP contribution in [0.25, 0.3) is 22.4 Å². The van der Waals surface area contributed by atoms with Crippen molar-refractivity contribution in [3.63, 3.8) is 0 Å². The van der Waals surface area contributed by atoms with E-state index < -0.39 is 0 Å². The van der Waals surface area contributed by atoms with Gasteiger partial charge in [0.15, 0.2) is 0 Å². The van der Waals surface area contributed by atoms with Crippen LogP contribution in [0.3, 0.4) is 0 Å². The maximum absolute atomic E-state index is 12.8. The van der Waals surface area contributed by atoms with Gasteiger partial charge in [0.1, 0.15) is 17.3 Å². The van der Waals surface area contributed by atoms with Crippen molar-refractivity contribution in [2.75, 3.05) is 6.54 Å². The average Bonchev–Trinajstić information content (AvgIpc) is 3.27. The van der Waals surface area contributed by atoms with Crippen LogP contribution in [0.4, 0.5) is 0 Å². The minimum atomic E-state index is -0.166. The zero-order valence-electron chi connectivity index (χ0n) is 20.6. The number of allylic oxidation sites excluding steroid dienone is 1. The third-order valence-corrected chi connectivity index (χ3v) is 6.16. The van der Waals surface area contributed by atoms with Crippen molar-refractivity contribution >= 4 is 28.5 Å². The van der Waals surface area contributed by atoms with E-state index >= 15 is 0 Å². The molecule has 0 fully saturated rings. The highest BCUT2D eigenvalue weighted by molar-refractivity contribution is 6.30. The number of aromatic nitrogens is 3. The fraction of sp³-hybridized carbons (Fsp3) is 0.100. The van der Waals surface area contributed by atoms with Gasteiger partial charge in [-0.1, -0.05) is 36.4 Å². The Hall–Kier alpha value is -4.62. The summed E-state index contributed by atoms with van der Waals surface area (Å²) in [5, 5.41) is 3.60. The Morgan fingerprint density at radius 1 is 1.00 bits per heavy atom. The van der Waals surface area contributed by atoms with E-state index in [9.17, 15) is 4.79 Å². The number of pyridine rings is 1. The van der Waals surface area contributed by atoms with Gasteiger partial charge in [0.25, 0.3) is 5.91 Å². The predicted octanol–water partition coefficient (Wildman–Crippen LogP) is 5.99. The van der Waals surface area contributed by atoms with Gasteiger partial charge in [-0.05, 0) is 66.7 Å². The molecule has 5 rings (SSSR count). The van der Waals surface area contributed by atoms with Crippen molar-refractivity contribution in [3.05, 3.63) is 120 Å². The van der Waals surface area contributed by atoms with Crippen molar-refractivity contribution in [1.82, 2.24) is 19.9 Å². The van der Waals surface area contributed by atoms with Gasteiger partial charge in [-0.25, -0.2) is 4.98 Å². The number of rotatable bonds is 9. The monoisotopic (exact) mass is 523 g/mol. The Kier molecular flexibility index (Phi) is 7.38. The summed E-state index contributed by atoms with van der Waals surface area (Å²) in [5.74, 6) is 1.86. The summed E-state index contributed by atoms with van der Waals surface area (Å²) in [6, 6.07) is 26.0. The molecule has 0 bridgehead atoms. The molecule has 2 aromatic heterocycles. The zero-order chi connectivity index (χ0) is 26.5. The molecular formula is C30H26ClN5O2. The van der Waals surface area contributed by atoms with E-state index in [0.717, 1.165) is 16.8 Å². The van der Waals surface area contributed by atoms with Crippen LogP contribution in [0.1, 0.15) is 16.1 Å². The normalized spacial score (nSPS) is 10.9. The van der Waals surface area contributed by atoms with Crippen LogP contribution in [0.15, 0.2) is 103 Å².